The average molecular weight is 452 g/mol. The molecular formula is C25H24O8. The van der Waals surface area contributed by atoms with Gasteiger partial charge >= 0.3 is 12.1 Å². The molecule has 8 rings (SSSR count). The molecule has 6 atom stereocenters. The largest absolute Gasteiger partial charge is 0.511 e. The minimum atomic E-state index is -1.30. The van der Waals surface area contributed by atoms with E-state index >= 15 is 0 Å². The van der Waals surface area contributed by atoms with E-state index in [-0.39, 0.29) is 25.6 Å². The van der Waals surface area contributed by atoms with Crippen molar-refractivity contribution in [3.8, 4) is 0 Å². The van der Waals surface area contributed by atoms with Crippen molar-refractivity contribution >= 4 is 12.1 Å². The summed E-state index contributed by atoms with van der Waals surface area (Å²) in [6.45, 7) is 1.75. The van der Waals surface area contributed by atoms with Gasteiger partial charge in [-0.1, -0.05) is 48.5 Å². The molecule has 1 N–H and O–H groups in total. The first kappa shape index (κ1) is 20.7. The molecular weight excluding hydrogens is 428 g/mol. The van der Waals surface area contributed by atoms with Crippen LogP contribution in [0.5, 0.6) is 0 Å². The first-order chi connectivity index (χ1) is 15.8. The third kappa shape index (κ3) is 2.62. The lowest BCUT2D eigenvalue weighted by atomic mass is 9.41. The third-order valence-corrected chi connectivity index (χ3v) is 7.88. The van der Waals surface area contributed by atoms with E-state index in [1.165, 1.54) is 0 Å². The summed E-state index contributed by atoms with van der Waals surface area (Å²) in [6.07, 6.45) is -1.22. The first-order valence-corrected chi connectivity index (χ1v) is 11.0. The Hall–Kier alpha value is -2.94. The van der Waals surface area contributed by atoms with Gasteiger partial charge in [-0.05, 0) is 31.0 Å². The maximum Gasteiger partial charge on any atom is 0.511 e. The fourth-order valence-corrected chi connectivity index (χ4v) is 6.24. The Morgan fingerprint density at radius 1 is 1.03 bits per heavy atom. The SMILES string of the molecule is C[C@@]12C[C@@]3(OC(=O)OCc4ccccc4)O[C@@H](O1)[C@]1(COC(=O)c4ccccc4)[C@H]3C[C@@]12O. The fourth-order valence-electron chi connectivity index (χ4n) is 6.24. The molecule has 6 aliphatic rings. The Morgan fingerprint density at radius 3 is 2.45 bits per heavy atom. The summed E-state index contributed by atoms with van der Waals surface area (Å²) in [6, 6.07) is 17.9. The van der Waals surface area contributed by atoms with Crippen LogP contribution < -0.4 is 0 Å². The van der Waals surface area contributed by atoms with Crippen LogP contribution in [0.25, 0.3) is 0 Å². The lowest BCUT2D eigenvalue weighted by Crippen LogP contribution is -2.79. The number of ether oxygens (including phenoxy) is 5. The molecule has 6 bridgehead atoms. The molecule has 3 saturated heterocycles. The van der Waals surface area contributed by atoms with Crippen LogP contribution in [0.3, 0.4) is 0 Å². The Morgan fingerprint density at radius 2 is 1.73 bits per heavy atom. The van der Waals surface area contributed by atoms with E-state index in [1.807, 2.05) is 36.4 Å². The second kappa shape index (κ2) is 6.79. The molecule has 3 saturated carbocycles. The van der Waals surface area contributed by atoms with Crippen molar-refractivity contribution in [1.29, 1.82) is 0 Å². The Bertz CT molecular complexity index is 1110. The zero-order valence-electron chi connectivity index (χ0n) is 18.1. The van der Waals surface area contributed by atoms with E-state index in [1.54, 1.807) is 31.2 Å². The first-order valence-electron chi connectivity index (χ1n) is 11.0. The van der Waals surface area contributed by atoms with Gasteiger partial charge in [0.05, 0.1) is 11.0 Å². The summed E-state index contributed by atoms with van der Waals surface area (Å²) in [5.41, 5.74) is -2.01. The van der Waals surface area contributed by atoms with Gasteiger partial charge in [-0.2, -0.15) is 0 Å². The number of rotatable bonds is 6. The molecule has 8 heteroatoms. The zero-order valence-corrected chi connectivity index (χ0v) is 18.1. The number of benzene rings is 2. The minimum absolute atomic E-state index is 0.0708. The molecule has 172 valence electrons. The van der Waals surface area contributed by atoms with Crippen molar-refractivity contribution in [3.63, 3.8) is 0 Å². The van der Waals surface area contributed by atoms with Gasteiger partial charge in [0, 0.05) is 12.3 Å². The van der Waals surface area contributed by atoms with Crippen molar-refractivity contribution in [1.82, 2.24) is 0 Å². The van der Waals surface area contributed by atoms with Crippen molar-refractivity contribution in [2.45, 2.75) is 49.7 Å². The number of carbonyl (C=O) groups is 2. The Labute approximate surface area is 190 Å². The van der Waals surface area contributed by atoms with Crippen LogP contribution in [0, 0.1) is 11.3 Å². The van der Waals surface area contributed by atoms with Crippen molar-refractivity contribution in [2.24, 2.45) is 11.3 Å². The van der Waals surface area contributed by atoms with Crippen molar-refractivity contribution < 1.29 is 38.4 Å². The lowest BCUT2D eigenvalue weighted by molar-refractivity contribution is -0.384. The smallest absolute Gasteiger partial charge is 0.461 e. The molecule has 0 radical (unpaired) electrons. The molecule has 3 aliphatic heterocycles. The molecule has 2 aromatic rings. The van der Waals surface area contributed by atoms with E-state index in [9.17, 15) is 14.7 Å². The van der Waals surface area contributed by atoms with Crippen LogP contribution in [-0.4, -0.2) is 47.1 Å². The van der Waals surface area contributed by atoms with E-state index in [0.717, 1.165) is 5.56 Å². The highest BCUT2D eigenvalue weighted by atomic mass is 16.9. The maximum absolute atomic E-state index is 12.6. The standard InChI is InChI=1S/C25H24O8/c1-22-14-24(33-21(27)29-13-16-8-4-2-5-9-16)18-12-25(22,28)23(18,20(31-22)32-24)15-30-19(26)17-10-6-3-7-11-17/h2-11,18,20,28H,12-15H2,1H3/t18-,20-,22+,23+,24+,25+/m1/s1. The third-order valence-electron chi connectivity index (χ3n) is 7.88. The highest BCUT2D eigenvalue weighted by molar-refractivity contribution is 5.89. The Kier molecular flexibility index (Phi) is 4.25. The van der Waals surface area contributed by atoms with Gasteiger partial charge < -0.3 is 28.8 Å². The predicted octanol–water partition coefficient (Wildman–Crippen LogP) is 3.18. The molecule has 2 aromatic carbocycles. The van der Waals surface area contributed by atoms with Crippen molar-refractivity contribution in [3.05, 3.63) is 71.8 Å². The number of hydrogen-bond acceptors (Lipinski definition) is 8. The van der Waals surface area contributed by atoms with Gasteiger partial charge in [-0.15, -0.1) is 0 Å². The van der Waals surface area contributed by atoms with Crippen molar-refractivity contribution in [2.75, 3.05) is 6.61 Å². The molecule has 33 heavy (non-hydrogen) atoms. The summed E-state index contributed by atoms with van der Waals surface area (Å²) >= 11 is 0. The maximum atomic E-state index is 12.6. The monoisotopic (exact) mass is 452 g/mol. The molecule has 0 spiro atoms. The van der Waals surface area contributed by atoms with E-state index in [0.29, 0.717) is 12.0 Å². The summed E-state index contributed by atoms with van der Waals surface area (Å²) in [4.78, 5) is 25.1. The summed E-state index contributed by atoms with van der Waals surface area (Å²) in [7, 11) is 0. The van der Waals surface area contributed by atoms with E-state index in [2.05, 4.69) is 0 Å². The summed E-state index contributed by atoms with van der Waals surface area (Å²) < 4.78 is 28.9. The van der Waals surface area contributed by atoms with Crippen LogP contribution in [-0.2, 0) is 30.3 Å². The lowest BCUT2D eigenvalue weighted by Gasteiger charge is -2.65. The van der Waals surface area contributed by atoms with Gasteiger partial charge in [0.2, 0.25) is 5.79 Å². The molecule has 0 aromatic heterocycles. The fraction of sp³-hybridized carbons (Fsp3) is 0.440. The highest BCUT2D eigenvalue weighted by Gasteiger charge is 2.94. The average Bonchev–Trinajstić information content (AvgIpc) is 3.01. The second-order valence-corrected chi connectivity index (χ2v) is 9.51. The molecule has 8 nitrogen and oxygen atoms in total. The van der Waals surface area contributed by atoms with Gasteiger partial charge in [-0.3, -0.25) is 0 Å². The van der Waals surface area contributed by atoms with E-state index < -0.39 is 40.8 Å². The highest BCUT2D eigenvalue weighted by Crippen LogP contribution is 2.81. The number of hydrogen-bond donors (Lipinski definition) is 1. The van der Waals surface area contributed by atoms with Crippen LogP contribution in [0.1, 0.15) is 35.7 Å². The van der Waals surface area contributed by atoms with Crippen LogP contribution in [0.15, 0.2) is 60.7 Å². The molecule has 3 heterocycles. The topological polar surface area (TPSA) is 101 Å². The molecule has 3 aliphatic carbocycles. The summed E-state index contributed by atoms with van der Waals surface area (Å²) in [5.74, 6) is -2.18. The predicted molar refractivity (Wildman–Crippen MR) is 112 cm³/mol. The van der Waals surface area contributed by atoms with Gasteiger partial charge in [0.1, 0.15) is 24.4 Å². The second-order valence-electron chi connectivity index (χ2n) is 9.51. The van der Waals surface area contributed by atoms with Gasteiger partial charge in [0.15, 0.2) is 6.29 Å². The van der Waals surface area contributed by atoms with Crippen LogP contribution in [0.2, 0.25) is 0 Å². The quantitative estimate of drug-likeness (QED) is 0.667. The normalized spacial score (nSPS) is 39.1. The number of esters is 1. The van der Waals surface area contributed by atoms with Crippen LogP contribution in [0.4, 0.5) is 4.79 Å². The number of aliphatic hydroxyl groups is 1. The number of carbonyl (C=O) groups excluding carboxylic acids is 2. The van der Waals surface area contributed by atoms with Crippen LogP contribution >= 0.6 is 0 Å². The minimum Gasteiger partial charge on any atom is -0.461 e. The summed E-state index contributed by atoms with van der Waals surface area (Å²) in [5, 5.41) is 11.6. The van der Waals surface area contributed by atoms with Gasteiger partial charge in [-0.25, -0.2) is 9.59 Å². The Balaban J connectivity index is 1.20. The molecule has 0 amide bonds. The van der Waals surface area contributed by atoms with Gasteiger partial charge in [0.25, 0.3) is 0 Å². The zero-order chi connectivity index (χ0) is 22.9. The molecule has 6 fully saturated rings. The van der Waals surface area contributed by atoms with E-state index in [4.69, 9.17) is 23.7 Å². The molecule has 0 unspecified atom stereocenters.